The van der Waals surface area contributed by atoms with Gasteiger partial charge in [0.15, 0.2) is 0 Å². The van der Waals surface area contributed by atoms with Crippen LogP contribution in [0.4, 0.5) is 30.7 Å². The van der Waals surface area contributed by atoms with Crippen LogP contribution in [0.15, 0.2) is 24.3 Å². The van der Waals surface area contributed by atoms with E-state index >= 15 is 0 Å². The van der Waals surface area contributed by atoms with Gasteiger partial charge in [-0.1, -0.05) is 12.1 Å². The largest absolute Gasteiger partial charge is 0.461 e. The number of halogens is 8. The third-order valence-electron chi connectivity index (χ3n) is 2.27. The standard InChI is InChI=1S/C11H10F7NO.ClH/c12-9(13)11(17,18)20-7-3-1-6(2-4-7)8(19)5-10(14,15)16;/h1-4,8-9H,5,19H2;1H/t8-;/m1./s1. The Bertz CT molecular complexity index is 435. The van der Waals surface area contributed by atoms with Gasteiger partial charge < -0.3 is 10.5 Å². The van der Waals surface area contributed by atoms with E-state index in [4.69, 9.17) is 5.73 Å². The Kier molecular flexibility index (Phi) is 6.75. The highest BCUT2D eigenvalue weighted by molar-refractivity contribution is 5.85. The summed E-state index contributed by atoms with van der Waals surface area (Å²) < 4.78 is 88.9. The van der Waals surface area contributed by atoms with Crippen molar-refractivity contribution in [1.82, 2.24) is 0 Å². The number of alkyl halides is 7. The van der Waals surface area contributed by atoms with Crippen LogP contribution in [-0.4, -0.2) is 18.7 Å². The van der Waals surface area contributed by atoms with E-state index < -0.39 is 36.9 Å². The highest BCUT2D eigenvalue weighted by Crippen LogP contribution is 2.31. The molecule has 1 aromatic rings. The van der Waals surface area contributed by atoms with Crippen LogP contribution >= 0.6 is 12.4 Å². The van der Waals surface area contributed by atoms with E-state index in [0.717, 1.165) is 24.3 Å². The summed E-state index contributed by atoms with van der Waals surface area (Å²) in [5.41, 5.74) is 5.30. The number of benzene rings is 1. The van der Waals surface area contributed by atoms with Gasteiger partial charge in [0.05, 0.1) is 6.42 Å². The van der Waals surface area contributed by atoms with Crippen LogP contribution in [0, 0.1) is 0 Å². The maximum Gasteiger partial charge on any atom is 0.461 e. The molecule has 0 saturated carbocycles. The Hall–Kier alpha value is -1.22. The number of hydrogen-bond acceptors (Lipinski definition) is 2. The smallest absolute Gasteiger partial charge is 0.428 e. The Balaban J connectivity index is 0.00000400. The zero-order valence-corrected chi connectivity index (χ0v) is 11.0. The van der Waals surface area contributed by atoms with Crippen LogP contribution in [0.3, 0.4) is 0 Å². The average molecular weight is 342 g/mol. The van der Waals surface area contributed by atoms with E-state index in [0.29, 0.717) is 0 Å². The Morgan fingerprint density at radius 2 is 1.48 bits per heavy atom. The molecule has 0 aliphatic carbocycles. The minimum absolute atomic E-state index is 0. The molecule has 0 amide bonds. The molecule has 0 spiro atoms. The lowest BCUT2D eigenvalue weighted by Crippen LogP contribution is -2.33. The fourth-order valence-electron chi connectivity index (χ4n) is 1.35. The number of hydrogen-bond donors (Lipinski definition) is 1. The first-order valence-electron chi connectivity index (χ1n) is 5.28. The first kappa shape index (κ1) is 19.8. The van der Waals surface area contributed by atoms with Gasteiger partial charge in [-0.25, -0.2) is 0 Å². The summed E-state index contributed by atoms with van der Waals surface area (Å²) in [5, 5.41) is 0. The van der Waals surface area contributed by atoms with Gasteiger partial charge in [-0.2, -0.15) is 30.7 Å². The monoisotopic (exact) mass is 341 g/mol. The van der Waals surface area contributed by atoms with Gasteiger partial charge in [0.1, 0.15) is 5.75 Å². The zero-order chi connectivity index (χ0) is 15.6. The molecule has 0 unspecified atom stereocenters. The summed E-state index contributed by atoms with van der Waals surface area (Å²) in [6.07, 6.45) is -14.5. The lowest BCUT2D eigenvalue weighted by molar-refractivity contribution is -0.253. The molecular formula is C11H11ClF7NO. The van der Waals surface area contributed by atoms with E-state index in [2.05, 4.69) is 4.74 Å². The second-order valence-electron chi connectivity index (χ2n) is 3.96. The molecule has 2 nitrogen and oxygen atoms in total. The van der Waals surface area contributed by atoms with Gasteiger partial charge in [-0.3, -0.25) is 0 Å². The third-order valence-corrected chi connectivity index (χ3v) is 2.27. The summed E-state index contributed by atoms with van der Waals surface area (Å²) in [6.45, 7) is 0. The van der Waals surface area contributed by atoms with E-state index in [1.807, 2.05) is 0 Å². The molecule has 122 valence electrons. The topological polar surface area (TPSA) is 35.2 Å². The predicted molar refractivity (Wildman–Crippen MR) is 62.9 cm³/mol. The lowest BCUT2D eigenvalue weighted by atomic mass is 10.0. The lowest BCUT2D eigenvalue weighted by Gasteiger charge is -2.18. The maximum absolute atomic E-state index is 12.6. The fraction of sp³-hybridized carbons (Fsp3) is 0.455. The predicted octanol–water partition coefficient (Wildman–Crippen LogP) is 4.30. The van der Waals surface area contributed by atoms with Gasteiger partial charge in [-0.15, -0.1) is 12.4 Å². The van der Waals surface area contributed by atoms with Crippen molar-refractivity contribution in [3.8, 4) is 5.75 Å². The van der Waals surface area contributed by atoms with E-state index in [1.54, 1.807) is 0 Å². The van der Waals surface area contributed by atoms with Gasteiger partial charge in [0.25, 0.3) is 0 Å². The molecule has 0 aliphatic rings. The summed E-state index contributed by atoms with van der Waals surface area (Å²) in [4.78, 5) is 0. The summed E-state index contributed by atoms with van der Waals surface area (Å²) >= 11 is 0. The number of nitrogens with two attached hydrogens (primary N) is 1. The molecule has 10 heteroatoms. The van der Waals surface area contributed by atoms with Crippen molar-refractivity contribution in [3.63, 3.8) is 0 Å². The minimum atomic E-state index is -4.67. The van der Waals surface area contributed by atoms with Crippen LogP contribution in [0.2, 0.25) is 0 Å². The first-order valence-corrected chi connectivity index (χ1v) is 5.28. The molecule has 21 heavy (non-hydrogen) atoms. The molecular weight excluding hydrogens is 331 g/mol. The molecule has 0 fully saturated rings. The van der Waals surface area contributed by atoms with Crippen LogP contribution in [-0.2, 0) is 0 Å². The second-order valence-corrected chi connectivity index (χ2v) is 3.96. The molecule has 2 N–H and O–H groups in total. The summed E-state index contributed by atoms with van der Waals surface area (Å²) in [7, 11) is 0. The van der Waals surface area contributed by atoms with Gasteiger partial charge >= 0.3 is 18.7 Å². The normalized spacial score (nSPS) is 13.8. The van der Waals surface area contributed by atoms with Crippen LogP contribution < -0.4 is 10.5 Å². The van der Waals surface area contributed by atoms with Crippen molar-refractivity contribution in [1.29, 1.82) is 0 Å². The minimum Gasteiger partial charge on any atom is -0.428 e. The summed E-state index contributed by atoms with van der Waals surface area (Å²) in [5.74, 6) is -0.599. The van der Waals surface area contributed by atoms with Crippen LogP contribution in [0.25, 0.3) is 0 Å². The number of rotatable bonds is 5. The molecule has 0 heterocycles. The maximum atomic E-state index is 12.6. The first-order chi connectivity index (χ1) is 9.01. The van der Waals surface area contributed by atoms with Crippen LogP contribution in [0.1, 0.15) is 18.0 Å². The Morgan fingerprint density at radius 1 is 1.00 bits per heavy atom. The highest BCUT2D eigenvalue weighted by Gasteiger charge is 2.44. The molecule has 1 rings (SSSR count). The second kappa shape index (κ2) is 7.17. The Morgan fingerprint density at radius 3 is 1.86 bits per heavy atom. The highest BCUT2D eigenvalue weighted by atomic mass is 35.5. The Labute approximate surface area is 121 Å². The van der Waals surface area contributed by atoms with Gasteiger partial charge in [0, 0.05) is 6.04 Å². The van der Waals surface area contributed by atoms with Gasteiger partial charge in [-0.05, 0) is 17.7 Å². The SMILES string of the molecule is Cl.N[C@H](CC(F)(F)F)c1ccc(OC(F)(F)C(F)F)cc1. The average Bonchev–Trinajstić information content (AvgIpc) is 2.26. The molecule has 0 saturated heterocycles. The zero-order valence-electron chi connectivity index (χ0n) is 10.2. The molecule has 0 radical (unpaired) electrons. The van der Waals surface area contributed by atoms with Gasteiger partial charge in [0.2, 0.25) is 0 Å². The summed E-state index contributed by atoms with van der Waals surface area (Å²) in [6, 6.07) is 2.34. The molecule has 0 bridgehead atoms. The van der Waals surface area contributed by atoms with Crippen molar-refractivity contribution >= 4 is 12.4 Å². The van der Waals surface area contributed by atoms with Crippen LogP contribution in [0.5, 0.6) is 5.75 Å². The third kappa shape index (κ3) is 6.38. The molecule has 0 aliphatic heterocycles. The van der Waals surface area contributed by atoms with E-state index in [-0.39, 0.29) is 18.0 Å². The van der Waals surface area contributed by atoms with E-state index in [9.17, 15) is 30.7 Å². The molecule has 1 aromatic carbocycles. The van der Waals surface area contributed by atoms with E-state index in [1.165, 1.54) is 0 Å². The van der Waals surface area contributed by atoms with Crippen molar-refractivity contribution in [2.45, 2.75) is 31.2 Å². The van der Waals surface area contributed by atoms with Crippen molar-refractivity contribution in [3.05, 3.63) is 29.8 Å². The van der Waals surface area contributed by atoms with Crippen molar-refractivity contribution in [2.24, 2.45) is 5.73 Å². The van der Waals surface area contributed by atoms with Crippen molar-refractivity contribution in [2.75, 3.05) is 0 Å². The molecule has 0 aromatic heterocycles. The quantitative estimate of drug-likeness (QED) is 0.811. The number of ether oxygens (including phenoxy) is 1. The molecule has 1 atom stereocenters. The van der Waals surface area contributed by atoms with Crippen molar-refractivity contribution < 1.29 is 35.5 Å². The fourth-order valence-corrected chi connectivity index (χ4v) is 1.35.